The van der Waals surface area contributed by atoms with Gasteiger partial charge in [-0.15, -0.1) is 0 Å². The third kappa shape index (κ3) is 2.51. The Kier molecular flexibility index (Phi) is 3.33. The van der Waals surface area contributed by atoms with Crippen molar-refractivity contribution in [2.45, 2.75) is 38.3 Å². The molecule has 1 N–H and O–H groups in total. The molecule has 3 aromatic rings. The van der Waals surface area contributed by atoms with Gasteiger partial charge in [-0.3, -0.25) is 9.78 Å². The molecule has 0 spiro atoms. The van der Waals surface area contributed by atoms with E-state index in [4.69, 9.17) is 4.98 Å². The Morgan fingerprint density at radius 1 is 1.24 bits per heavy atom. The summed E-state index contributed by atoms with van der Waals surface area (Å²) >= 11 is 0. The summed E-state index contributed by atoms with van der Waals surface area (Å²) in [6.45, 7) is 1.51. The van der Waals surface area contributed by atoms with E-state index in [9.17, 15) is 4.79 Å². The summed E-state index contributed by atoms with van der Waals surface area (Å²) in [6, 6.07) is 12.1. The normalized spacial score (nSPS) is 21.3. The fourth-order valence-corrected chi connectivity index (χ4v) is 4.00. The van der Waals surface area contributed by atoms with Gasteiger partial charge in [-0.2, -0.15) is 0 Å². The maximum Gasteiger partial charge on any atom is 0.224 e. The van der Waals surface area contributed by atoms with E-state index in [-0.39, 0.29) is 17.7 Å². The minimum Gasteiger partial charge on any atom is -0.350 e. The van der Waals surface area contributed by atoms with Crippen molar-refractivity contribution < 1.29 is 4.79 Å². The second-order valence-electron chi connectivity index (χ2n) is 7.00. The number of pyridine rings is 1. The van der Waals surface area contributed by atoms with E-state index in [1.54, 1.807) is 6.20 Å². The van der Waals surface area contributed by atoms with Crippen molar-refractivity contribution in [2.24, 2.45) is 5.92 Å². The van der Waals surface area contributed by atoms with Crippen molar-refractivity contribution in [3.05, 3.63) is 59.7 Å². The first-order valence-corrected chi connectivity index (χ1v) is 8.97. The Morgan fingerprint density at radius 3 is 3.08 bits per heavy atom. The lowest BCUT2D eigenvalue weighted by Gasteiger charge is -2.16. The van der Waals surface area contributed by atoms with Gasteiger partial charge in [-0.25, -0.2) is 4.98 Å². The number of carbonyl (C=O) groups is 1. The van der Waals surface area contributed by atoms with Crippen LogP contribution in [0.1, 0.15) is 35.8 Å². The van der Waals surface area contributed by atoms with E-state index in [1.807, 2.05) is 18.2 Å². The summed E-state index contributed by atoms with van der Waals surface area (Å²) < 4.78 is 2.35. The highest BCUT2D eigenvalue weighted by Crippen LogP contribution is 2.48. The second kappa shape index (κ2) is 5.69. The molecular formula is C20H20N4O. The molecule has 1 aliphatic heterocycles. The number of para-hydroxylation sites is 1. The van der Waals surface area contributed by atoms with Crippen LogP contribution in [-0.4, -0.2) is 20.4 Å². The average molecular weight is 332 g/mol. The summed E-state index contributed by atoms with van der Waals surface area (Å²) in [7, 11) is 0. The number of rotatable bonds is 4. The Bertz CT molecular complexity index is 947. The zero-order valence-electron chi connectivity index (χ0n) is 14.0. The van der Waals surface area contributed by atoms with Crippen LogP contribution in [0.15, 0.2) is 42.6 Å². The van der Waals surface area contributed by atoms with Gasteiger partial charge in [-0.05, 0) is 43.0 Å². The Hall–Kier alpha value is -2.69. The van der Waals surface area contributed by atoms with Crippen molar-refractivity contribution >= 4 is 16.9 Å². The number of hydrogen-bond acceptors (Lipinski definition) is 3. The zero-order valence-corrected chi connectivity index (χ0v) is 14.0. The SMILES string of the molecule is O=C(NCc1ccccn1)C1CC1c1nc2cccc3c2n1CCC3. The van der Waals surface area contributed by atoms with Gasteiger partial charge in [0.15, 0.2) is 0 Å². The van der Waals surface area contributed by atoms with Gasteiger partial charge in [-0.1, -0.05) is 18.2 Å². The fourth-order valence-electron chi connectivity index (χ4n) is 4.00. The third-order valence-corrected chi connectivity index (χ3v) is 5.34. The van der Waals surface area contributed by atoms with Crippen molar-refractivity contribution in [1.29, 1.82) is 0 Å². The van der Waals surface area contributed by atoms with E-state index in [0.717, 1.165) is 42.8 Å². The molecule has 2 aromatic heterocycles. The zero-order chi connectivity index (χ0) is 16.8. The molecule has 2 aliphatic rings. The van der Waals surface area contributed by atoms with Gasteiger partial charge in [0, 0.05) is 24.6 Å². The van der Waals surface area contributed by atoms with Crippen LogP contribution in [0, 0.1) is 5.92 Å². The lowest BCUT2D eigenvalue weighted by atomic mass is 10.0. The van der Waals surface area contributed by atoms with Crippen molar-refractivity contribution in [3.8, 4) is 0 Å². The van der Waals surface area contributed by atoms with Gasteiger partial charge < -0.3 is 9.88 Å². The number of aromatic nitrogens is 3. The Balaban J connectivity index is 1.34. The lowest BCUT2D eigenvalue weighted by molar-refractivity contribution is -0.122. The quantitative estimate of drug-likeness (QED) is 0.799. The van der Waals surface area contributed by atoms with E-state index >= 15 is 0 Å². The number of amides is 1. The summed E-state index contributed by atoms with van der Waals surface area (Å²) in [5.41, 5.74) is 4.63. The number of hydrogen-bond donors (Lipinski definition) is 1. The average Bonchev–Trinajstić information content (AvgIpc) is 3.37. The van der Waals surface area contributed by atoms with Crippen LogP contribution < -0.4 is 5.32 Å². The Labute approximate surface area is 146 Å². The Morgan fingerprint density at radius 2 is 2.20 bits per heavy atom. The molecule has 0 saturated heterocycles. The molecule has 1 amide bonds. The largest absolute Gasteiger partial charge is 0.350 e. The molecule has 5 nitrogen and oxygen atoms in total. The maximum absolute atomic E-state index is 12.5. The number of nitrogens with zero attached hydrogens (tertiary/aromatic N) is 3. The van der Waals surface area contributed by atoms with Crippen LogP contribution in [0.4, 0.5) is 0 Å². The van der Waals surface area contributed by atoms with Crippen LogP contribution in [0.5, 0.6) is 0 Å². The summed E-state index contributed by atoms with van der Waals surface area (Å²) in [5, 5.41) is 3.02. The number of carbonyl (C=O) groups excluding carboxylic acids is 1. The molecule has 0 radical (unpaired) electrons. The lowest BCUT2D eigenvalue weighted by Crippen LogP contribution is -2.25. The van der Waals surface area contributed by atoms with Gasteiger partial charge in [0.05, 0.1) is 23.3 Å². The summed E-state index contributed by atoms with van der Waals surface area (Å²) in [5.74, 6) is 1.51. The molecule has 0 bridgehead atoms. The first-order valence-electron chi connectivity index (χ1n) is 8.97. The van der Waals surface area contributed by atoms with E-state index < -0.39 is 0 Å². The van der Waals surface area contributed by atoms with Crippen LogP contribution in [0.3, 0.4) is 0 Å². The molecule has 1 aromatic carbocycles. The van der Waals surface area contributed by atoms with Crippen molar-refractivity contribution in [3.63, 3.8) is 0 Å². The summed E-state index contributed by atoms with van der Waals surface area (Å²) in [4.78, 5) is 21.6. The van der Waals surface area contributed by atoms with Gasteiger partial charge in [0.25, 0.3) is 0 Å². The van der Waals surface area contributed by atoms with E-state index in [0.29, 0.717) is 6.54 Å². The van der Waals surface area contributed by atoms with Crippen LogP contribution in [0.25, 0.3) is 11.0 Å². The van der Waals surface area contributed by atoms with Gasteiger partial charge in [0.1, 0.15) is 5.82 Å². The molecule has 5 heteroatoms. The highest BCUT2D eigenvalue weighted by atomic mass is 16.2. The molecule has 1 aliphatic carbocycles. The predicted molar refractivity (Wildman–Crippen MR) is 95.0 cm³/mol. The standard InChI is InChI=1S/C20H20N4O/c25-20(22-12-14-7-1-2-9-21-14)16-11-15(16)19-23-17-8-3-5-13-6-4-10-24(19)18(13)17/h1-3,5,7-9,15-16H,4,6,10-12H2,(H,22,25). The predicted octanol–water partition coefficient (Wildman–Crippen LogP) is 2.80. The minimum atomic E-state index is 0.0437. The number of imidazole rings is 1. The molecule has 3 heterocycles. The third-order valence-electron chi connectivity index (χ3n) is 5.34. The van der Waals surface area contributed by atoms with E-state index in [1.165, 1.54) is 11.1 Å². The highest BCUT2D eigenvalue weighted by Gasteiger charge is 2.47. The van der Waals surface area contributed by atoms with E-state index in [2.05, 4.69) is 33.1 Å². The maximum atomic E-state index is 12.5. The second-order valence-corrected chi connectivity index (χ2v) is 7.00. The van der Waals surface area contributed by atoms with Gasteiger partial charge in [0.2, 0.25) is 5.91 Å². The molecule has 25 heavy (non-hydrogen) atoms. The first kappa shape index (κ1) is 14.6. The smallest absolute Gasteiger partial charge is 0.224 e. The number of aryl methyl sites for hydroxylation is 2. The molecule has 2 atom stereocenters. The van der Waals surface area contributed by atoms with Crippen molar-refractivity contribution in [2.75, 3.05) is 0 Å². The topological polar surface area (TPSA) is 59.8 Å². The monoisotopic (exact) mass is 332 g/mol. The van der Waals surface area contributed by atoms with Gasteiger partial charge >= 0.3 is 0 Å². The van der Waals surface area contributed by atoms with Crippen LogP contribution in [0.2, 0.25) is 0 Å². The van der Waals surface area contributed by atoms with Crippen LogP contribution >= 0.6 is 0 Å². The van der Waals surface area contributed by atoms with Crippen molar-refractivity contribution in [1.82, 2.24) is 19.9 Å². The van der Waals surface area contributed by atoms with Crippen LogP contribution in [-0.2, 0) is 24.3 Å². The minimum absolute atomic E-state index is 0.0437. The molecule has 2 unspecified atom stereocenters. The molecular weight excluding hydrogens is 312 g/mol. The molecule has 1 saturated carbocycles. The number of nitrogens with one attached hydrogen (secondary N) is 1. The molecule has 1 fully saturated rings. The summed E-state index contributed by atoms with van der Waals surface area (Å²) in [6.07, 6.45) is 4.92. The fraction of sp³-hybridized carbons (Fsp3) is 0.350. The first-order chi connectivity index (χ1) is 12.3. The number of benzene rings is 1. The highest BCUT2D eigenvalue weighted by molar-refractivity contribution is 5.84. The molecule has 126 valence electrons. The molecule has 5 rings (SSSR count).